The average molecular weight is 556 g/mol. The summed E-state index contributed by atoms with van der Waals surface area (Å²) in [7, 11) is 1.54. The third kappa shape index (κ3) is 10.1. The number of anilines is 1. The molecule has 3 aromatic carbocycles. The highest BCUT2D eigenvalue weighted by molar-refractivity contribution is 5.95. The number of rotatable bonds is 6. The number of amides is 2. The summed E-state index contributed by atoms with van der Waals surface area (Å²) in [6.07, 6.45) is 3.40. The largest absolute Gasteiger partial charge is 0.457 e. The van der Waals surface area contributed by atoms with E-state index in [1.165, 1.54) is 7.05 Å². The fourth-order valence-electron chi connectivity index (χ4n) is 3.90. The molecule has 2 N–H and O–H groups in total. The van der Waals surface area contributed by atoms with Crippen LogP contribution in [-0.4, -0.2) is 35.6 Å². The minimum absolute atomic E-state index is 0.0903. The maximum atomic E-state index is 12.4. The van der Waals surface area contributed by atoms with E-state index in [2.05, 4.69) is 15.6 Å². The highest BCUT2D eigenvalue weighted by Gasteiger charge is 2.14. The van der Waals surface area contributed by atoms with Gasteiger partial charge in [-0.3, -0.25) is 9.78 Å². The van der Waals surface area contributed by atoms with E-state index in [1.54, 1.807) is 18.5 Å². The summed E-state index contributed by atoms with van der Waals surface area (Å²) >= 11 is 0. The van der Waals surface area contributed by atoms with Crippen LogP contribution in [0, 0.1) is 13.8 Å². The molecule has 214 valence electrons. The number of hydrogen-bond donors (Lipinski definition) is 2. The van der Waals surface area contributed by atoms with Gasteiger partial charge in [0.2, 0.25) is 5.91 Å². The molecule has 0 fully saturated rings. The fourth-order valence-corrected chi connectivity index (χ4v) is 3.90. The van der Waals surface area contributed by atoms with Gasteiger partial charge in [0.15, 0.2) is 0 Å². The molecule has 0 radical (unpaired) electrons. The van der Waals surface area contributed by atoms with Crippen LogP contribution in [0.5, 0.6) is 0 Å². The Morgan fingerprint density at radius 1 is 0.854 bits per heavy atom. The quantitative estimate of drug-likeness (QED) is 0.262. The summed E-state index contributed by atoms with van der Waals surface area (Å²) < 4.78 is 10.3. The topological polar surface area (TPSA) is 107 Å². The zero-order chi connectivity index (χ0) is 30.0. The molecule has 0 bridgehead atoms. The number of aryl methyl sites for hydroxylation is 2. The van der Waals surface area contributed by atoms with Crippen LogP contribution in [0.3, 0.4) is 0 Å². The standard InChI is InChI=1S/C27H24N2O3.C6H13NO2/c1-18-3-10-25(19(2)13-18)27(31)32-17-21-6-4-20(5-7-21)14-26(30)29-24-9-8-23-16-28-12-11-22(23)15-24;1-6(2,3)9-5(8)7-4/h3-13,15-16H,14,17H2,1-2H3,(H,29,30);1-4H3,(H,7,8). The molecule has 0 aliphatic rings. The smallest absolute Gasteiger partial charge is 0.407 e. The molecule has 8 heteroatoms. The van der Waals surface area contributed by atoms with Crippen LogP contribution in [0.25, 0.3) is 10.8 Å². The zero-order valence-electron chi connectivity index (χ0n) is 24.4. The summed E-state index contributed by atoms with van der Waals surface area (Å²) in [5.41, 5.74) is 4.71. The Morgan fingerprint density at radius 2 is 1.56 bits per heavy atom. The number of hydrogen-bond acceptors (Lipinski definition) is 6. The van der Waals surface area contributed by atoms with Crippen LogP contribution in [0.2, 0.25) is 0 Å². The van der Waals surface area contributed by atoms with Crippen LogP contribution in [0.15, 0.2) is 79.1 Å². The normalized spacial score (nSPS) is 10.7. The van der Waals surface area contributed by atoms with E-state index in [1.807, 2.05) is 95.3 Å². The van der Waals surface area contributed by atoms with Gasteiger partial charge in [-0.25, -0.2) is 9.59 Å². The van der Waals surface area contributed by atoms with Crippen molar-refractivity contribution in [1.82, 2.24) is 10.3 Å². The van der Waals surface area contributed by atoms with Crippen molar-refractivity contribution in [3.8, 4) is 0 Å². The molecule has 8 nitrogen and oxygen atoms in total. The fraction of sp³-hybridized carbons (Fsp3) is 0.273. The second-order valence-electron chi connectivity index (χ2n) is 10.6. The molecule has 0 saturated heterocycles. The van der Waals surface area contributed by atoms with Gasteiger partial charge in [-0.05, 0) is 81.0 Å². The van der Waals surface area contributed by atoms with E-state index >= 15 is 0 Å². The highest BCUT2D eigenvalue weighted by atomic mass is 16.6. The third-order valence-electron chi connectivity index (χ3n) is 5.89. The summed E-state index contributed by atoms with van der Waals surface area (Å²) in [4.78, 5) is 39.4. The van der Waals surface area contributed by atoms with Crippen molar-refractivity contribution in [2.24, 2.45) is 0 Å². The zero-order valence-corrected chi connectivity index (χ0v) is 24.4. The lowest BCUT2D eigenvalue weighted by atomic mass is 10.1. The molecule has 4 rings (SSSR count). The predicted molar refractivity (Wildman–Crippen MR) is 161 cm³/mol. The maximum Gasteiger partial charge on any atom is 0.407 e. The van der Waals surface area contributed by atoms with E-state index < -0.39 is 0 Å². The number of ether oxygens (including phenoxy) is 2. The summed E-state index contributed by atoms with van der Waals surface area (Å²) in [5, 5.41) is 7.35. The number of esters is 1. The minimum atomic E-state index is -0.389. The second kappa shape index (κ2) is 14.1. The van der Waals surface area contributed by atoms with Crippen molar-refractivity contribution in [2.75, 3.05) is 12.4 Å². The van der Waals surface area contributed by atoms with Crippen molar-refractivity contribution < 1.29 is 23.9 Å². The van der Waals surface area contributed by atoms with Crippen LogP contribution in [0.1, 0.15) is 53.4 Å². The van der Waals surface area contributed by atoms with Gasteiger partial charge in [0.05, 0.1) is 12.0 Å². The number of carbonyl (C=O) groups is 3. The minimum Gasteiger partial charge on any atom is -0.457 e. The SMILES string of the molecule is CNC(=O)OC(C)(C)C.Cc1ccc(C(=O)OCc2ccc(CC(=O)Nc3ccc4cnccc4c3)cc2)c(C)c1. The Morgan fingerprint density at radius 3 is 2.20 bits per heavy atom. The molecule has 0 unspecified atom stereocenters. The molecule has 0 spiro atoms. The molecule has 0 aliphatic carbocycles. The van der Waals surface area contributed by atoms with E-state index in [4.69, 9.17) is 9.47 Å². The molecule has 1 aromatic heterocycles. The number of aromatic nitrogens is 1. The van der Waals surface area contributed by atoms with Crippen LogP contribution >= 0.6 is 0 Å². The number of benzene rings is 3. The van der Waals surface area contributed by atoms with E-state index in [9.17, 15) is 14.4 Å². The maximum absolute atomic E-state index is 12.4. The molecular formula is C33H37N3O5. The molecule has 2 amide bonds. The second-order valence-corrected chi connectivity index (χ2v) is 10.6. The van der Waals surface area contributed by atoms with Crippen molar-refractivity contribution in [3.63, 3.8) is 0 Å². The first kappa shape index (κ1) is 30.8. The number of carbonyl (C=O) groups excluding carboxylic acids is 3. The number of fused-ring (bicyclic) bond motifs is 1. The third-order valence-corrected chi connectivity index (χ3v) is 5.89. The van der Waals surface area contributed by atoms with Crippen molar-refractivity contribution >= 4 is 34.4 Å². The predicted octanol–water partition coefficient (Wildman–Crippen LogP) is 6.53. The van der Waals surface area contributed by atoms with Gasteiger partial charge in [-0.2, -0.15) is 0 Å². The Balaban J connectivity index is 0.000000445. The van der Waals surface area contributed by atoms with Gasteiger partial charge in [0.25, 0.3) is 0 Å². The summed E-state index contributed by atoms with van der Waals surface area (Å²) in [5.74, 6) is -0.426. The first-order chi connectivity index (χ1) is 19.4. The first-order valence-corrected chi connectivity index (χ1v) is 13.3. The lowest BCUT2D eigenvalue weighted by Crippen LogP contribution is -2.30. The number of nitrogens with zero attached hydrogens (tertiary/aromatic N) is 1. The van der Waals surface area contributed by atoms with Crippen LogP contribution < -0.4 is 10.6 Å². The molecule has 41 heavy (non-hydrogen) atoms. The van der Waals surface area contributed by atoms with Crippen LogP contribution in [0.4, 0.5) is 10.5 Å². The monoisotopic (exact) mass is 555 g/mol. The van der Waals surface area contributed by atoms with Gasteiger partial charge < -0.3 is 20.1 Å². The average Bonchev–Trinajstić information content (AvgIpc) is 2.92. The van der Waals surface area contributed by atoms with Gasteiger partial charge in [0, 0.05) is 30.5 Å². The van der Waals surface area contributed by atoms with Gasteiger partial charge in [-0.15, -0.1) is 0 Å². The highest BCUT2D eigenvalue weighted by Crippen LogP contribution is 2.19. The summed E-state index contributed by atoms with van der Waals surface area (Å²) in [6, 6.07) is 20.8. The van der Waals surface area contributed by atoms with Gasteiger partial charge in [0.1, 0.15) is 12.2 Å². The van der Waals surface area contributed by atoms with E-state index in [0.717, 1.165) is 38.7 Å². The van der Waals surface area contributed by atoms with Gasteiger partial charge >= 0.3 is 12.1 Å². The van der Waals surface area contributed by atoms with Gasteiger partial charge in [-0.1, -0.05) is 48.0 Å². The van der Waals surface area contributed by atoms with E-state index in [-0.39, 0.29) is 36.6 Å². The molecule has 0 atom stereocenters. The molecular weight excluding hydrogens is 518 g/mol. The number of alkyl carbamates (subject to hydrolysis) is 1. The molecule has 0 saturated carbocycles. The first-order valence-electron chi connectivity index (χ1n) is 13.3. The Hall–Kier alpha value is -4.72. The number of nitrogens with one attached hydrogen (secondary N) is 2. The van der Waals surface area contributed by atoms with E-state index in [0.29, 0.717) is 5.56 Å². The molecule has 4 aromatic rings. The lowest BCUT2D eigenvalue weighted by molar-refractivity contribution is -0.115. The summed E-state index contributed by atoms with van der Waals surface area (Å²) in [6.45, 7) is 9.54. The lowest BCUT2D eigenvalue weighted by Gasteiger charge is -2.18. The van der Waals surface area contributed by atoms with Crippen LogP contribution in [-0.2, 0) is 27.3 Å². The molecule has 0 aliphatic heterocycles. The van der Waals surface area contributed by atoms with Crippen molar-refractivity contribution in [2.45, 2.75) is 53.2 Å². The van der Waals surface area contributed by atoms with Crippen molar-refractivity contribution in [3.05, 3.63) is 107 Å². The number of pyridine rings is 1. The Bertz CT molecular complexity index is 1510. The van der Waals surface area contributed by atoms with Crippen molar-refractivity contribution in [1.29, 1.82) is 0 Å². The Labute approximate surface area is 241 Å². The Kier molecular flexibility index (Phi) is 10.6. The molecule has 1 heterocycles.